The van der Waals surface area contributed by atoms with E-state index < -0.39 is 17.6 Å². The molecule has 0 spiro atoms. The fraction of sp³-hybridized carbons (Fsp3) is 0.375. The summed E-state index contributed by atoms with van der Waals surface area (Å²) in [5, 5.41) is 7.89. The van der Waals surface area contributed by atoms with Gasteiger partial charge in [0.05, 0.1) is 17.8 Å². The molecule has 1 saturated heterocycles. The molecule has 11 heteroatoms. The predicted octanol–water partition coefficient (Wildman–Crippen LogP) is 3.39. The molecule has 8 nitrogen and oxygen atoms in total. The van der Waals surface area contributed by atoms with Crippen molar-refractivity contribution in [3.63, 3.8) is 0 Å². The molecule has 1 saturated carbocycles. The third-order valence-corrected chi connectivity index (χ3v) is 5.84. The summed E-state index contributed by atoms with van der Waals surface area (Å²) in [6, 6.07) is 11.4. The number of nitrogens with one attached hydrogen (secondary N) is 3. The maximum absolute atomic E-state index is 13.1. The van der Waals surface area contributed by atoms with Gasteiger partial charge in [-0.15, -0.1) is 0 Å². The molecule has 0 aromatic heterocycles. The van der Waals surface area contributed by atoms with Gasteiger partial charge in [-0.2, -0.15) is 13.2 Å². The molecular weight excluding hydrogens is 463 g/mol. The Morgan fingerprint density at radius 3 is 2.17 bits per heavy atom. The van der Waals surface area contributed by atoms with Crippen LogP contribution in [-0.2, 0) is 11.0 Å². The zero-order chi connectivity index (χ0) is 25.0. The fourth-order valence-corrected chi connectivity index (χ4v) is 3.80. The van der Waals surface area contributed by atoms with Gasteiger partial charge in [-0.25, -0.2) is 4.79 Å². The number of carbonyl (C=O) groups excluding carboxylic acids is 3. The number of halogens is 3. The van der Waals surface area contributed by atoms with Gasteiger partial charge in [-0.3, -0.25) is 14.5 Å². The Morgan fingerprint density at radius 1 is 0.886 bits per heavy atom. The van der Waals surface area contributed by atoms with Gasteiger partial charge in [0, 0.05) is 43.5 Å². The molecule has 0 atom stereocenters. The van der Waals surface area contributed by atoms with Crippen LogP contribution < -0.4 is 16.0 Å². The molecule has 35 heavy (non-hydrogen) atoms. The van der Waals surface area contributed by atoms with Crippen LogP contribution in [0.2, 0.25) is 0 Å². The lowest BCUT2D eigenvalue weighted by Crippen LogP contribution is -2.50. The second-order valence-corrected chi connectivity index (χ2v) is 8.61. The molecule has 0 radical (unpaired) electrons. The number of anilines is 2. The molecule has 2 aromatic carbocycles. The Labute approximate surface area is 200 Å². The first-order chi connectivity index (χ1) is 16.7. The van der Waals surface area contributed by atoms with E-state index in [4.69, 9.17) is 0 Å². The van der Waals surface area contributed by atoms with Crippen molar-refractivity contribution < 1.29 is 27.6 Å². The average molecular weight is 489 g/mol. The number of hydrogen-bond acceptors (Lipinski definition) is 4. The summed E-state index contributed by atoms with van der Waals surface area (Å²) in [5.74, 6) is -0.711. The highest BCUT2D eigenvalue weighted by atomic mass is 19.4. The standard InChI is InChI=1S/C24H26F3N5O3/c25-24(26,27)19-3-1-2-4-20(19)30-21(33)15-31-11-13-32(14-12-31)22(34)16-5-7-17(8-6-16)28-23(35)29-18-9-10-18/h1-8,18H,9-15H2,(H,30,33)(H2,28,29,35). The Balaban J connectivity index is 1.24. The lowest BCUT2D eigenvalue weighted by molar-refractivity contribution is -0.137. The fourth-order valence-electron chi connectivity index (χ4n) is 3.80. The molecule has 1 aliphatic heterocycles. The molecular formula is C24H26F3N5O3. The molecule has 2 aromatic rings. The lowest BCUT2D eigenvalue weighted by Gasteiger charge is -2.34. The van der Waals surface area contributed by atoms with Crippen molar-refractivity contribution >= 4 is 29.2 Å². The first kappa shape index (κ1) is 24.5. The monoisotopic (exact) mass is 489 g/mol. The van der Waals surface area contributed by atoms with Crippen LogP contribution in [0.15, 0.2) is 48.5 Å². The zero-order valence-corrected chi connectivity index (χ0v) is 18.9. The number of hydrogen-bond donors (Lipinski definition) is 3. The molecule has 0 bridgehead atoms. The molecule has 4 amide bonds. The largest absolute Gasteiger partial charge is 0.418 e. The van der Waals surface area contributed by atoms with Crippen LogP contribution >= 0.6 is 0 Å². The highest BCUT2D eigenvalue weighted by Crippen LogP contribution is 2.34. The summed E-state index contributed by atoms with van der Waals surface area (Å²) in [6.07, 6.45) is -2.58. The zero-order valence-electron chi connectivity index (χ0n) is 18.9. The maximum Gasteiger partial charge on any atom is 0.418 e. The van der Waals surface area contributed by atoms with E-state index in [1.54, 1.807) is 34.1 Å². The summed E-state index contributed by atoms with van der Waals surface area (Å²) >= 11 is 0. The van der Waals surface area contributed by atoms with E-state index in [2.05, 4.69) is 16.0 Å². The molecule has 2 fully saturated rings. The Hall–Kier alpha value is -3.60. The lowest BCUT2D eigenvalue weighted by atomic mass is 10.1. The van der Waals surface area contributed by atoms with Crippen molar-refractivity contribution in [1.29, 1.82) is 0 Å². The number of rotatable bonds is 6. The number of amides is 4. The number of alkyl halides is 3. The minimum Gasteiger partial charge on any atom is -0.336 e. The Bertz CT molecular complexity index is 1080. The van der Waals surface area contributed by atoms with E-state index >= 15 is 0 Å². The van der Waals surface area contributed by atoms with Crippen molar-refractivity contribution in [3.05, 3.63) is 59.7 Å². The summed E-state index contributed by atoms with van der Waals surface area (Å²) < 4.78 is 39.4. The second kappa shape index (κ2) is 10.3. The van der Waals surface area contributed by atoms with Gasteiger partial charge in [0.15, 0.2) is 0 Å². The van der Waals surface area contributed by atoms with Crippen molar-refractivity contribution in [2.24, 2.45) is 0 Å². The minimum absolute atomic E-state index is 0.0719. The van der Waals surface area contributed by atoms with Crippen LogP contribution in [0.25, 0.3) is 0 Å². The van der Waals surface area contributed by atoms with E-state index in [0.717, 1.165) is 18.9 Å². The van der Waals surface area contributed by atoms with Crippen molar-refractivity contribution in [1.82, 2.24) is 15.1 Å². The topological polar surface area (TPSA) is 93.8 Å². The van der Waals surface area contributed by atoms with Gasteiger partial charge in [-0.05, 0) is 49.2 Å². The molecule has 4 rings (SSSR count). The number of benzene rings is 2. The molecule has 186 valence electrons. The summed E-state index contributed by atoms with van der Waals surface area (Å²) in [6.45, 7) is 1.53. The molecule has 2 aliphatic rings. The SMILES string of the molecule is O=C(CN1CCN(C(=O)c2ccc(NC(=O)NC3CC3)cc2)CC1)Nc1ccccc1C(F)(F)F. The molecule has 1 heterocycles. The van der Waals surface area contributed by atoms with E-state index in [1.165, 1.54) is 18.2 Å². The molecule has 3 N–H and O–H groups in total. The highest BCUT2D eigenvalue weighted by molar-refractivity contribution is 5.96. The Kier molecular flexibility index (Phi) is 7.25. The van der Waals surface area contributed by atoms with Crippen LogP contribution in [0.4, 0.5) is 29.3 Å². The number of urea groups is 1. The van der Waals surface area contributed by atoms with Gasteiger partial charge in [0.1, 0.15) is 0 Å². The predicted molar refractivity (Wildman–Crippen MR) is 124 cm³/mol. The number of nitrogens with zero attached hydrogens (tertiary/aromatic N) is 2. The number of piperazine rings is 1. The smallest absolute Gasteiger partial charge is 0.336 e. The third-order valence-electron chi connectivity index (χ3n) is 5.84. The van der Waals surface area contributed by atoms with E-state index in [0.29, 0.717) is 37.4 Å². The summed E-state index contributed by atoms with van der Waals surface area (Å²) in [7, 11) is 0. The van der Waals surface area contributed by atoms with Crippen molar-refractivity contribution in [2.45, 2.75) is 25.1 Å². The first-order valence-electron chi connectivity index (χ1n) is 11.3. The number of carbonyl (C=O) groups is 3. The minimum atomic E-state index is -4.56. The second-order valence-electron chi connectivity index (χ2n) is 8.61. The quantitative estimate of drug-likeness (QED) is 0.580. The van der Waals surface area contributed by atoms with Crippen LogP contribution in [0.3, 0.4) is 0 Å². The van der Waals surface area contributed by atoms with Crippen LogP contribution in [0.5, 0.6) is 0 Å². The highest BCUT2D eigenvalue weighted by Gasteiger charge is 2.33. The average Bonchev–Trinajstić information content (AvgIpc) is 3.63. The normalized spacial score (nSPS) is 16.5. The van der Waals surface area contributed by atoms with Gasteiger partial charge in [-0.1, -0.05) is 12.1 Å². The summed E-state index contributed by atoms with van der Waals surface area (Å²) in [4.78, 5) is 40.4. The van der Waals surface area contributed by atoms with Gasteiger partial charge < -0.3 is 20.9 Å². The first-order valence-corrected chi connectivity index (χ1v) is 11.3. The number of para-hydroxylation sites is 1. The van der Waals surface area contributed by atoms with Gasteiger partial charge in [0.2, 0.25) is 5.91 Å². The molecule has 1 aliphatic carbocycles. The summed E-state index contributed by atoms with van der Waals surface area (Å²) in [5.41, 5.74) is -0.106. The van der Waals surface area contributed by atoms with E-state index in [9.17, 15) is 27.6 Å². The third kappa shape index (κ3) is 6.72. The Morgan fingerprint density at radius 2 is 1.54 bits per heavy atom. The maximum atomic E-state index is 13.1. The van der Waals surface area contributed by atoms with Crippen LogP contribution in [0, 0.1) is 0 Å². The van der Waals surface area contributed by atoms with Crippen LogP contribution in [-0.4, -0.2) is 66.4 Å². The van der Waals surface area contributed by atoms with Crippen molar-refractivity contribution in [2.75, 3.05) is 43.4 Å². The molecule has 0 unspecified atom stereocenters. The van der Waals surface area contributed by atoms with Gasteiger partial charge >= 0.3 is 12.2 Å². The van der Waals surface area contributed by atoms with Crippen LogP contribution in [0.1, 0.15) is 28.8 Å². The van der Waals surface area contributed by atoms with Crippen molar-refractivity contribution in [3.8, 4) is 0 Å². The van der Waals surface area contributed by atoms with E-state index in [1.807, 2.05) is 0 Å². The van der Waals surface area contributed by atoms with E-state index in [-0.39, 0.29) is 30.2 Å². The van der Waals surface area contributed by atoms with Gasteiger partial charge in [0.25, 0.3) is 5.91 Å².